The van der Waals surface area contributed by atoms with Crippen molar-refractivity contribution in [3.05, 3.63) is 33.9 Å². The van der Waals surface area contributed by atoms with Crippen LogP contribution in [0.2, 0.25) is 0 Å². The molecular formula is C11H15NO4. The maximum Gasteiger partial charge on any atom is 0.269 e. The predicted octanol–water partition coefficient (Wildman–Crippen LogP) is 2.05. The third-order valence-electron chi connectivity index (χ3n) is 2.27. The molecule has 0 radical (unpaired) electrons. The van der Waals surface area contributed by atoms with Crippen LogP contribution in [0.3, 0.4) is 0 Å². The molecule has 0 amide bonds. The van der Waals surface area contributed by atoms with E-state index in [1.54, 1.807) is 13.0 Å². The SMILES string of the molecule is CCC(O)COc1ccc([N+](=O)[O-])cc1C. The van der Waals surface area contributed by atoms with Gasteiger partial charge in [-0.15, -0.1) is 0 Å². The van der Waals surface area contributed by atoms with Gasteiger partial charge in [0.15, 0.2) is 0 Å². The molecule has 5 nitrogen and oxygen atoms in total. The predicted molar refractivity (Wildman–Crippen MR) is 59.6 cm³/mol. The first kappa shape index (κ1) is 12.4. The van der Waals surface area contributed by atoms with Gasteiger partial charge in [0.05, 0.1) is 11.0 Å². The Kier molecular flexibility index (Phi) is 4.25. The van der Waals surface area contributed by atoms with Crippen molar-refractivity contribution in [2.75, 3.05) is 6.61 Å². The van der Waals surface area contributed by atoms with Crippen LogP contribution in [0.15, 0.2) is 18.2 Å². The normalized spacial score (nSPS) is 12.2. The summed E-state index contributed by atoms with van der Waals surface area (Å²) in [5.41, 5.74) is 0.735. The van der Waals surface area contributed by atoms with Gasteiger partial charge in [0, 0.05) is 12.1 Å². The lowest BCUT2D eigenvalue weighted by Crippen LogP contribution is -2.16. The van der Waals surface area contributed by atoms with E-state index in [1.165, 1.54) is 12.1 Å². The second kappa shape index (κ2) is 5.46. The van der Waals surface area contributed by atoms with E-state index in [4.69, 9.17) is 4.74 Å². The number of aliphatic hydroxyl groups is 1. The summed E-state index contributed by atoms with van der Waals surface area (Å²) in [4.78, 5) is 10.1. The average Bonchev–Trinajstić information content (AvgIpc) is 2.26. The van der Waals surface area contributed by atoms with Crippen LogP contribution >= 0.6 is 0 Å². The molecule has 0 aliphatic rings. The maximum atomic E-state index is 10.5. The Morgan fingerprint density at radius 2 is 2.25 bits per heavy atom. The fourth-order valence-electron chi connectivity index (χ4n) is 1.21. The summed E-state index contributed by atoms with van der Waals surface area (Å²) in [5, 5.41) is 19.8. The second-order valence-corrected chi connectivity index (χ2v) is 3.58. The van der Waals surface area contributed by atoms with E-state index in [-0.39, 0.29) is 12.3 Å². The molecule has 0 heterocycles. The smallest absolute Gasteiger partial charge is 0.269 e. The van der Waals surface area contributed by atoms with Gasteiger partial charge in [-0.25, -0.2) is 0 Å². The summed E-state index contributed by atoms with van der Waals surface area (Å²) in [7, 11) is 0. The Morgan fingerprint density at radius 1 is 1.56 bits per heavy atom. The first-order valence-electron chi connectivity index (χ1n) is 5.10. The number of ether oxygens (including phenoxy) is 1. The first-order valence-corrected chi connectivity index (χ1v) is 5.10. The fraction of sp³-hybridized carbons (Fsp3) is 0.455. The largest absolute Gasteiger partial charge is 0.491 e. The number of hydrogen-bond acceptors (Lipinski definition) is 4. The molecule has 0 aliphatic heterocycles. The Bertz CT molecular complexity index is 378. The third-order valence-corrected chi connectivity index (χ3v) is 2.27. The lowest BCUT2D eigenvalue weighted by atomic mass is 10.2. The van der Waals surface area contributed by atoms with Crippen molar-refractivity contribution in [1.82, 2.24) is 0 Å². The number of hydrogen-bond donors (Lipinski definition) is 1. The molecule has 1 aromatic carbocycles. The van der Waals surface area contributed by atoms with Gasteiger partial charge < -0.3 is 9.84 Å². The minimum atomic E-state index is -0.505. The maximum absolute atomic E-state index is 10.5. The van der Waals surface area contributed by atoms with Gasteiger partial charge in [0.25, 0.3) is 5.69 Å². The van der Waals surface area contributed by atoms with E-state index in [9.17, 15) is 15.2 Å². The Hall–Kier alpha value is -1.62. The quantitative estimate of drug-likeness (QED) is 0.614. The molecule has 0 saturated carbocycles. The summed E-state index contributed by atoms with van der Waals surface area (Å²) >= 11 is 0. The van der Waals surface area contributed by atoms with Gasteiger partial charge in [-0.1, -0.05) is 6.92 Å². The first-order chi connectivity index (χ1) is 7.54. The molecule has 0 aromatic heterocycles. The summed E-state index contributed by atoms with van der Waals surface area (Å²) < 4.78 is 5.35. The monoisotopic (exact) mass is 225 g/mol. The minimum Gasteiger partial charge on any atom is -0.491 e. The van der Waals surface area contributed by atoms with Crippen molar-refractivity contribution in [2.24, 2.45) is 0 Å². The van der Waals surface area contributed by atoms with Gasteiger partial charge in [-0.05, 0) is 25.0 Å². The number of rotatable bonds is 5. The molecule has 0 aliphatic carbocycles. The summed E-state index contributed by atoms with van der Waals surface area (Å²) in [6, 6.07) is 4.39. The highest BCUT2D eigenvalue weighted by Crippen LogP contribution is 2.23. The summed E-state index contributed by atoms with van der Waals surface area (Å²) in [6.45, 7) is 3.80. The molecule has 1 N–H and O–H groups in total. The molecule has 1 unspecified atom stereocenters. The average molecular weight is 225 g/mol. The Morgan fingerprint density at radius 3 is 2.75 bits per heavy atom. The molecule has 0 saturated heterocycles. The van der Waals surface area contributed by atoms with Crippen molar-refractivity contribution >= 4 is 5.69 Å². The summed E-state index contributed by atoms with van der Waals surface area (Å²) in [5.74, 6) is 0.568. The van der Waals surface area contributed by atoms with Gasteiger partial charge >= 0.3 is 0 Å². The number of non-ortho nitro benzene ring substituents is 1. The van der Waals surface area contributed by atoms with Crippen LogP contribution in [-0.2, 0) is 0 Å². The molecule has 0 bridgehead atoms. The van der Waals surface area contributed by atoms with Crippen molar-refractivity contribution in [2.45, 2.75) is 26.4 Å². The molecule has 0 fully saturated rings. The molecule has 16 heavy (non-hydrogen) atoms. The van der Waals surface area contributed by atoms with E-state index in [0.29, 0.717) is 17.7 Å². The van der Waals surface area contributed by atoms with E-state index in [0.717, 1.165) is 0 Å². The molecule has 0 spiro atoms. The topological polar surface area (TPSA) is 72.6 Å². The van der Waals surface area contributed by atoms with Crippen LogP contribution in [0.5, 0.6) is 5.75 Å². The van der Waals surface area contributed by atoms with Crippen LogP contribution in [0.1, 0.15) is 18.9 Å². The number of nitro benzene ring substituents is 1. The molecule has 1 atom stereocenters. The number of nitrogens with zero attached hydrogens (tertiary/aromatic N) is 1. The number of aliphatic hydroxyl groups excluding tert-OH is 1. The zero-order chi connectivity index (χ0) is 12.1. The molecule has 1 aromatic rings. The van der Waals surface area contributed by atoms with E-state index in [1.807, 2.05) is 6.92 Å². The van der Waals surface area contributed by atoms with Gasteiger partial charge in [-0.3, -0.25) is 10.1 Å². The molecule has 88 valence electrons. The van der Waals surface area contributed by atoms with Crippen LogP contribution in [0.25, 0.3) is 0 Å². The molecule has 5 heteroatoms. The standard InChI is InChI=1S/C11H15NO4/c1-3-10(13)7-16-11-5-4-9(12(14)15)6-8(11)2/h4-6,10,13H,3,7H2,1-2H3. The van der Waals surface area contributed by atoms with Gasteiger partial charge in [0.2, 0.25) is 0 Å². The van der Waals surface area contributed by atoms with Crippen molar-refractivity contribution in [3.8, 4) is 5.75 Å². The van der Waals surface area contributed by atoms with E-state index < -0.39 is 11.0 Å². The highest BCUT2D eigenvalue weighted by atomic mass is 16.6. The van der Waals surface area contributed by atoms with Crippen LogP contribution in [-0.4, -0.2) is 22.7 Å². The van der Waals surface area contributed by atoms with E-state index >= 15 is 0 Å². The lowest BCUT2D eigenvalue weighted by Gasteiger charge is -2.11. The van der Waals surface area contributed by atoms with Crippen LogP contribution < -0.4 is 4.74 Å². The molecule has 1 rings (SSSR count). The number of aryl methyl sites for hydroxylation is 1. The molecular weight excluding hydrogens is 210 g/mol. The zero-order valence-electron chi connectivity index (χ0n) is 9.34. The van der Waals surface area contributed by atoms with Crippen LogP contribution in [0, 0.1) is 17.0 Å². The zero-order valence-corrected chi connectivity index (χ0v) is 9.34. The number of benzene rings is 1. The Balaban J connectivity index is 2.72. The third kappa shape index (κ3) is 3.20. The number of nitro groups is 1. The van der Waals surface area contributed by atoms with Crippen LogP contribution in [0.4, 0.5) is 5.69 Å². The van der Waals surface area contributed by atoms with E-state index in [2.05, 4.69) is 0 Å². The Labute approximate surface area is 93.8 Å². The lowest BCUT2D eigenvalue weighted by molar-refractivity contribution is -0.384. The van der Waals surface area contributed by atoms with Gasteiger partial charge in [0.1, 0.15) is 12.4 Å². The van der Waals surface area contributed by atoms with Crippen molar-refractivity contribution in [1.29, 1.82) is 0 Å². The van der Waals surface area contributed by atoms with Gasteiger partial charge in [-0.2, -0.15) is 0 Å². The fourth-order valence-corrected chi connectivity index (χ4v) is 1.21. The highest BCUT2D eigenvalue weighted by Gasteiger charge is 2.09. The second-order valence-electron chi connectivity index (χ2n) is 3.58. The highest BCUT2D eigenvalue weighted by molar-refractivity contribution is 5.42. The minimum absolute atomic E-state index is 0.0425. The van der Waals surface area contributed by atoms with Crippen molar-refractivity contribution in [3.63, 3.8) is 0 Å². The van der Waals surface area contributed by atoms with Crippen molar-refractivity contribution < 1.29 is 14.8 Å². The summed E-state index contributed by atoms with van der Waals surface area (Å²) in [6.07, 6.45) is 0.112.